The van der Waals surface area contributed by atoms with Gasteiger partial charge in [-0.05, 0) is 65.7 Å². The molecule has 0 bridgehead atoms. The summed E-state index contributed by atoms with van der Waals surface area (Å²) in [6, 6.07) is 73.1. The summed E-state index contributed by atoms with van der Waals surface area (Å²) in [4.78, 5) is 10.0. The van der Waals surface area contributed by atoms with Crippen LogP contribution in [0.5, 0.6) is 0 Å². The van der Waals surface area contributed by atoms with Crippen LogP contribution in [0.4, 0.5) is 0 Å². The molecular formula is C52H34N4. The first-order valence-electron chi connectivity index (χ1n) is 19.0. The van der Waals surface area contributed by atoms with Crippen molar-refractivity contribution in [2.24, 2.45) is 0 Å². The van der Waals surface area contributed by atoms with Crippen LogP contribution in [0.1, 0.15) is 0 Å². The Bertz CT molecular complexity index is 3160. The molecule has 262 valence electrons. The number of hydrogen-bond donors (Lipinski definition) is 0. The average Bonchev–Trinajstić information content (AvgIpc) is 3.80. The molecule has 0 radical (unpaired) electrons. The van der Waals surface area contributed by atoms with Gasteiger partial charge >= 0.3 is 0 Å². The maximum absolute atomic E-state index is 5.05. The molecule has 11 rings (SSSR count). The number of nitrogens with zero attached hydrogens (tertiary/aromatic N) is 4. The van der Waals surface area contributed by atoms with Crippen molar-refractivity contribution in [3.63, 3.8) is 0 Å². The van der Waals surface area contributed by atoms with E-state index >= 15 is 0 Å². The van der Waals surface area contributed by atoms with Gasteiger partial charge in [0.2, 0.25) is 0 Å². The maximum atomic E-state index is 5.05. The van der Waals surface area contributed by atoms with Crippen molar-refractivity contribution in [1.82, 2.24) is 19.1 Å². The molecule has 56 heavy (non-hydrogen) atoms. The molecule has 0 aliphatic rings. The Morgan fingerprint density at radius 2 is 0.732 bits per heavy atom. The fourth-order valence-electron chi connectivity index (χ4n) is 8.38. The quantitative estimate of drug-likeness (QED) is 0.172. The summed E-state index contributed by atoms with van der Waals surface area (Å²) < 4.78 is 4.82. The van der Waals surface area contributed by atoms with E-state index in [4.69, 9.17) is 9.97 Å². The van der Waals surface area contributed by atoms with Crippen LogP contribution in [0.15, 0.2) is 206 Å². The van der Waals surface area contributed by atoms with E-state index in [9.17, 15) is 0 Å². The van der Waals surface area contributed by atoms with Crippen molar-refractivity contribution in [2.75, 3.05) is 0 Å². The van der Waals surface area contributed by atoms with Gasteiger partial charge in [0, 0.05) is 49.6 Å². The third-order valence-electron chi connectivity index (χ3n) is 10.9. The van der Waals surface area contributed by atoms with Gasteiger partial charge in [-0.25, -0.2) is 9.97 Å². The van der Waals surface area contributed by atoms with E-state index in [0.717, 1.165) is 50.6 Å². The highest BCUT2D eigenvalue weighted by atomic mass is 15.0. The molecule has 0 spiro atoms. The Kier molecular flexibility index (Phi) is 7.46. The fourth-order valence-corrected chi connectivity index (χ4v) is 8.38. The topological polar surface area (TPSA) is 35.6 Å². The number of rotatable bonds is 6. The molecule has 0 unspecified atom stereocenters. The molecule has 0 amide bonds. The first-order chi connectivity index (χ1) is 27.8. The summed E-state index contributed by atoms with van der Waals surface area (Å²) >= 11 is 0. The molecule has 3 heterocycles. The van der Waals surface area contributed by atoms with E-state index in [1.54, 1.807) is 0 Å². The number of para-hydroxylation sites is 3. The second kappa shape index (κ2) is 13.1. The van der Waals surface area contributed by atoms with E-state index in [1.165, 1.54) is 43.6 Å². The van der Waals surface area contributed by atoms with Crippen LogP contribution in [0.2, 0.25) is 0 Å². The Balaban J connectivity index is 1.03. The number of hydrogen-bond acceptors (Lipinski definition) is 2. The van der Waals surface area contributed by atoms with Crippen LogP contribution in [0, 0.1) is 0 Å². The molecule has 0 aliphatic heterocycles. The normalized spacial score (nSPS) is 11.6. The van der Waals surface area contributed by atoms with Gasteiger partial charge in [-0.2, -0.15) is 0 Å². The minimum absolute atomic E-state index is 0.715. The predicted molar refractivity (Wildman–Crippen MR) is 232 cm³/mol. The minimum Gasteiger partial charge on any atom is -0.309 e. The fraction of sp³-hybridized carbons (Fsp3) is 0. The zero-order valence-electron chi connectivity index (χ0n) is 30.4. The molecule has 0 saturated carbocycles. The zero-order chi connectivity index (χ0) is 37.0. The maximum Gasteiger partial charge on any atom is 0.160 e. The molecule has 0 aliphatic carbocycles. The van der Waals surface area contributed by atoms with E-state index in [0.29, 0.717) is 5.82 Å². The lowest BCUT2D eigenvalue weighted by molar-refractivity contribution is 1.17. The van der Waals surface area contributed by atoms with Gasteiger partial charge in [0.15, 0.2) is 5.82 Å². The first kappa shape index (κ1) is 31.9. The SMILES string of the molecule is c1ccc(-c2cc(-c3ccc(-c4cccc(-n5c6ccccc6c6c7c8ccccc8n(-c8ccccc8)c7ccc65)c4)cc3)nc(-c3ccccc3)n2)cc1. The van der Waals surface area contributed by atoms with Gasteiger partial charge in [0.25, 0.3) is 0 Å². The van der Waals surface area contributed by atoms with Crippen molar-refractivity contribution in [1.29, 1.82) is 0 Å². The molecule has 4 nitrogen and oxygen atoms in total. The molecule has 0 atom stereocenters. The van der Waals surface area contributed by atoms with Crippen molar-refractivity contribution in [3.05, 3.63) is 206 Å². The summed E-state index contributed by atoms with van der Waals surface area (Å²) in [5.41, 5.74) is 14.3. The summed E-state index contributed by atoms with van der Waals surface area (Å²) in [6.45, 7) is 0. The Morgan fingerprint density at radius 3 is 1.34 bits per heavy atom. The van der Waals surface area contributed by atoms with Crippen molar-refractivity contribution < 1.29 is 0 Å². The lowest BCUT2D eigenvalue weighted by atomic mass is 10.0. The highest BCUT2D eigenvalue weighted by Gasteiger charge is 2.20. The molecule has 8 aromatic carbocycles. The largest absolute Gasteiger partial charge is 0.309 e. The van der Waals surface area contributed by atoms with Gasteiger partial charge in [0.1, 0.15) is 0 Å². The second-order valence-electron chi connectivity index (χ2n) is 14.2. The van der Waals surface area contributed by atoms with E-state index in [-0.39, 0.29) is 0 Å². The molecule has 11 aromatic rings. The van der Waals surface area contributed by atoms with E-state index < -0.39 is 0 Å². The van der Waals surface area contributed by atoms with Gasteiger partial charge in [-0.3, -0.25) is 0 Å². The molecule has 4 heteroatoms. The van der Waals surface area contributed by atoms with Crippen molar-refractivity contribution in [2.45, 2.75) is 0 Å². The lowest BCUT2D eigenvalue weighted by Gasteiger charge is -2.12. The van der Waals surface area contributed by atoms with Crippen LogP contribution in [-0.2, 0) is 0 Å². The van der Waals surface area contributed by atoms with Crippen LogP contribution in [-0.4, -0.2) is 19.1 Å². The van der Waals surface area contributed by atoms with Crippen LogP contribution >= 0.6 is 0 Å². The second-order valence-corrected chi connectivity index (χ2v) is 14.2. The van der Waals surface area contributed by atoms with Gasteiger partial charge in [-0.1, -0.05) is 152 Å². The summed E-state index contributed by atoms with van der Waals surface area (Å²) in [6.07, 6.45) is 0. The summed E-state index contributed by atoms with van der Waals surface area (Å²) in [7, 11) is 0. The Morgan fingerprint density at radius 1 is 0.286 bits per heavy atom. The van der Waals surface area contributed by atoms with Crippen molar-refractivity contribution >= 4 is 43.6 Å². The van der Waals surface area contributed by atoms with Crippen molar-refractivity contribution in [3.8, 4) is 56.4 Å². The Hall–Kier alpha value is -7.56. The third-order valence-corrected chi connectivity index (χ3v) is 10.9. The Labute approximate surface area is 324 Å². The predicted octanol–water partition coefficient (Wildman–Crippen LogP) is 13.3. The van der Waals surface area contributed by atoms with Crippen LogP contribution in [0.3, 0.4) is 0 Å². The first-order valence-corrected chi connectivity index (χ1v) is 19.0. The number of aromatic nitrogens is 4. The zero-order valence-corrected chi connectivity index (χ0v) is 30.4. The van der Waals surface area contributed by atoms with Gasteiger partial charge in [0.05, 0.1) is 33.5 Å². The van der Waals surface area contributed by atoms with Gasteiger partial charge < -0.3 is 9.13 Å². The third kappa shape index (κ3) is 5.23. The number of benzene rings is 8. The molecule has 3 aromatic heterocycles. The van der Waals surface area contributed by atoms with E-state index in [1.807, 2.05) is 36.4 Å². The highest BCUT2D eigenvalue weighted by molar-refractivity contribution is 6.28. The minimum atomic E-state index is 0.715. The van der Waals surface area contributed by atoms with Gasteiger partial charge in [-0.15, -0.1) is 0 Å². The van der Waals surface area contributed by atoms with Crippen LogP contribution < -0.4 is 0 Å². The highest BCUT2D eigenvalue weighted by Crippen LogP contribution is 2.42. The average molecular weight is 715 g/mol. The summed E-state index contributed by atoms with van der Waals surface area (Å²) in [5, 5.41) is 5.05. The molecule has 0 saturated heterocycles. The summed E-state index contributed by atoms with van der Waals surface area (Å²) in [5.74, 6) is 0.715. The number of fused-ring (bicyclic) bond motifs is 7. The standard InChI is InChI=1S/C52H34N4/c1-4-15-36(16-5-1)44-34-45(54-52(53-44)38-17-6-2-7-18-38)37-29-27-35(28-30-37)39-19-14-22-41(33-39)56-47-26-13-11-24-43(47)51-49(56)32-31-48-50(51)42-23-10-12-25-46(42)55(48)40-20-8-3-9-21-40/h1-34H. The molecule has 0 fully saturated rings. The molecule has 0 N–H and O–H groups in total. The smallest absolute Gasteiger partial charge is 0.160 e. The lowest BCUT2D eigenvalue weighted by Crippen LogP contribution is -1.96. The van der Waals surface area contributed by atoms with Crippen LogP contribution in [0.25, 0.3) is 100 Å². The van der Waals surface area contributed by atoms with E-state index in [2.05, 4.69) is 179 Å². The molecular weight excluding hydrogens is 681 g/mol. The monoisotopic (exact) mass is 714 g/mol.